The van der Waals surface area contributed by atoms with Crippen LogP contribution in [-0.4, -0.2) is 18.8 Å². The molecule has 1 aliphatic carbocycles. The highest BCUT2D eigenvalue weighted by Crippen LogP contribution is 2.65. The molecule has 90 valence electrons. The van der Waals surface area contributed by atoms with Gasteiger partial charge in [0.2, 0.25) is 0 Å². The summed E-state index contributed by atoms with van der Waals surface area (Å²) in [6.07, 6.45) is 12.8. The minimum atomic E-state index is -0.605. The average molecular weight is 246 g/mol. The van der Waals surface area contributed by atoms with Gasteiger partial charge in [-0.3, -0.25) is 0 Å². The normalized spacial score (nSPS) is 19.5. The fourth-order valence-corrected chi connectivity index (χ4v) is 6.87. The highest BCUT2D eigenvalue weighted by Gasteiger charge is 2.31. The Morgan fingerprint density at radius 3 is 1.93 bits per heavy atom. The summed E-state index contributed by atoms with van der Waals surface area (Å²) in [5.41, 5.74) is 2.15. The first-order chi connectivity index (χ1) is 6.79. The van der Waals surface area contributed by atoms with Crippen molar-refractivity contribution in [1.82, 2.24) is 0 Å². The Kier molecular flexibility index (Phi) is 4.27. The van der Waals surface area contributed by atoms with Gasteiger partial charge in [-0.05, 0) is 54.8 Å². The van der Waals surface area contributed by atoms with E-state index in [0.717, 1.165) is 0 Å². The lowest BCUT2D eigenvalue weighted by molar-refractivity contribution is 0.525. The SMILES string of the molecule is CSS(C)(C)C(=C1CCCC1)C(C)(C)C. The van der Waals surface area contributed by atoms with Gasteiger partial charge >= 0.3 is 0 Å². The Morgan fingerprint density at radius 2 is 1.60 bits per heavy atom. The van der Waals surface area contributed by atoms with E-state index in [-0.39, 0.29) is 0 Å². The average Bonchev–Trinajstić information content (AvgIpc) is 2.54. The lowest BCUT2D eigenvalue weighted by Gasteiger charge is -2.41. The van der Waals surface area contributed by atoms with E-state index in [1.807, 2.05) is 0 Å². The summed E-state index contributed by atoms with van der Waals surface area (Å²) >= 11 is 0. The van der Waals surface area contributed by atoms with Gasteiger partial charge in [-0.1, -0.05) is 26.3 Å². The molecule has 0 amide bonds. The Labute approximate surface area is 101 Å². The van der Waals surface area contributed by atoms with Gasteiger partial charge < -0.3 is 0 Å². The van der Waals surface area contributed by atoms with E-state index >= 15 is 0 Å². The Hall–Kier alpha value is 0.440. The van der Waals surface area contributed by atoms with Crippen LogP contribution in [0.5, 0.6) is 0 Å². The van der Waals surface area contributed by atoms with Crippen LogP contribution < -0.4 is 0 Å². The molecule has 0 spiro atoms. The second-order valence-electron chi connectivity index (χ2n) is 5.79. The molecule has 0 bridgehead atoms. The summed E-state index contributed by atoms with van der Waals surface area (Å²) in [5.74, 6) is 0. The molecule has 0 atom stereocenters. The molecule has 0 N–H and O–H groups in total. The number of hydrogen-bond acceptors (Lipinski definition) is 1. The molecule has 0 nitrogen and oxygen atoms in total. The van der Waals surface area contributed by atoms with Crippen LogP contribution in [0.1, 0.15) is 46.5 Å². The van der Waals surface area contributed by atoms with E-state index in [4.69, 9.17) is 0 Å². The van der Waals surface area contributed by atoms with E-state index in [1.54, 1.807) is 10.5 Å². The third-order valence-corrected chi connectivity index (χ3v) is 8.84. The quantitative estimate of drug-likeness (QED) is 0.603. The largest absolute Gasteiger partial charge is 0.175 e. The van der Waals surface area contributed by atoms with Crippen LogP contribution >= 0.6 is 19.9 Å². The van der Waals surface area contributed by atoms with Crippen molar-refractivity contribution in [2.24, 2.45) is 5.41 Å². The summed E-state index contributed by atoms with van der Waals surface area (Å²) < 4.78 is 0. The molecular weight excluding hydrogens is 220 g/mol. The van der Waals surface area contributed by atoms with Gasteiger partial charge in [-0.25, -0.2) is 0 Å². The van der Waals surface area contributed by atoms with Gasteiger partial charge in [0.25, 0.3) is 0 Å². The third-order valence-electron chi connectivity index (χ3n) is 3.12. The summed E-state index contributed by atoms with van der Waals surface area (Å²) in [7, 11) is 1.47. The molecule has 1 rings (SSSR count). The molecule has 0 heterocycles. The minimum absolute atomic E-state index is 0.363. The molecule has 2 heteroatoms. The first-order valence-corrected chi connectivity index (χ1v) is 9.99. The Bertz CT molecular complexity index is 248. The molecule has 0 aromatic heterocycles. The van der Waals surface area contributed by atoms with Gasteiger partial charge in [-0.15, -0.1) is 10.8 Å². The summed E-state index contributed by atoms with van der Waals surface area (Å²) in [6.45, 7) is 7.16. The van der Waals surface area contributed by atoms with Crippen LogP contribution in [0, 0.1) is 5.41 Å². The standard InChI is InChI=1S/C13H26S2/c1-13(2,3)12(15(5,6)14-4)11-9-7-8-10-11/h7-10H2,1-6H3. The monoisotopic (exact) mass is 246 g/mol. The second kappa shape index (κ2) is 4.75. The van der Waals surface area contributed by atoms with Crippen molar-refractivity contribution in [2.45, 2.75) is 46.5 Å². The maximum absolute atomic E-state index is 2.46. The molecule has 0 aliphatic heterocycles. The first-order valence-electron chi connectivity index (χ1n) is 5.80. The van der Waals surface area contributed by atoms with Crippen molar-refractivity contribution in [3.05, 3.63) is 10.5 Å². The molecule has 0 aromatic carbocycles. The van der Waals surface area contributed by atoms with E-state index in [0.29, 0.717) is 5.41 Å². The smallest absolute Gasteiger partial charge is 0.00801 e. The van der Waals surface area contributed by atoms with E-state index in [2.05, 4.69) is 50.3 Å². The van der Waals surface area contributed by atoms with E-state index in [1.165, 1.54) is 25.7 Å². The predicted octanol–water partition coefficient (Wildman–Crippen LogP) is 5.20. The maximum atomic E-state index is 2.46. The van der Waals surface area contributed by atoms with Crippen molar-refractivity contribution >= 4 is 19.9 Å². The van der Waals surface area contributed by atoms with Gasteiger partial charge in [0, 0.05) is 0 Å². The third kappa shape index (κ3) is 3.20. The van der Waals surface area contributed by atoms with Crippen molar-refractivity contribution in [3.8, 4) is 0 Å². The Morgan fingerprint density at radius 1 is 1.13 bits per heavy atom. The lowest BCUT2D eigenvalue weighted by atomic mass is 9.92. The topological polar surface area (TPSA) is 0 Å². The van der Waals surface area contributed by atoms with Crippen molar-refractivity contribution in [2.75, 3.05) is 18.8 Å². The lowest BCUT2D eigenvalue weighted by Crippen LogP contribution is -2.15. The zero-order chi connectivity index (χ0) is 11.7. The molecule has 0 saturated heterocycles. The van der Waals surface area contributed by atoms with Gasteiger partial charge in [-0.2, -0.15) is 9.06 Å². The molecule has 0 unspecified atom stereocenters. The summed E-state index contributed by atoms with van der Waals surface area (Å²) in [6, 6.07) is 0. The second-order valence-corrected chi connectivity index (χ2v) is 12.5. The first kappa shape index (κ1) is 13.5. The minimum Gasteiger partial charge on any atom is -0.175 e. The molecule has 0 aromatic rings. The van der Waals surface area contributed by atoms with Crippen LogP contribution in [0.4, 0.5) is 0 Å². The highest BCUT2D eigenvalue weighted by molar-refractivity contribution is 8.95. The number of allylic oxidation sites excluding steroid dienone is 2. The Balaban J connectivity index is 3.14. The summed E-state index contributed by atoms with van der Waals surface area (Å²) in [4.78, 5) is 1.79. The molecule has 15 heavy (non-hydrogen) atoms. The van der Waals surface area contributed by atoms with Crippen molar-refractivity contribution in [3.63, 3.8) is 0 Å². The predicted molar refractivity (Wildman–Crippen MR) is 77.9 cm³/mol. The van der Waals surface area contributed by atoms with E-state index < -0.39 is 9.06 Å². The van der Waals surface area contributed by atoms with Crippen LogP contribution in [0.25, 0.3) is 0 Å². The van der Waals surface area contributed by atoms with Gasteiger partial charge in [0.15, 0.2) is 0 Å². The van der Waals surface area contributed by atoms with Crippen molar-refractivity contribution < 1.29 is 0 Å². The van der Waals surface area contributed by atoms with Crippen LogP contribution in [-0.2, 0) is 0 Å². The molecule has 1 fully saturated rings. The van der Waals surface area contributed by atoms with Crippen LogP contribution in [0.2, 0.25) is 0 Å². The number of hydrogen-bond donors (Lipinski definition) is 0. The number of rotatable bonds is 2. The maximum Gasteiger partial charge on any atom is -0.00801 e. The molecule has 1 saturated carbocycles. The zero-order valence-corrected chi connectivity index (χ0v) is 12.8. The van der Waals surface area contributed by atoms with Crippen LogP contribution in [0.15, 0.2) is 10.5 Å². The fraction of sp³-hybridized carbons (Fsp3) is 0.846. The highest BCUT2D eigenvalue weighted by atomic mass is 33.2. The van der Waals surface area contributed by atoms with Crippen molar-refractivity contribution in [1.29, 1.82) is 0 Å². The van der Waals surface area contributed by atoms with E-state index in [9.17, 15) is 0 Å². The molecule has 1 aliphatic rings. The fourth-order valence-electron chi connectivity index (χ4n) is 2.73. The molecular formula is C13H26S2. The van der Waals surface area contributed by atoms with Gasteiger partial charge in [0.1, 0.15) is 0 Å². The van der Waals surface area contributed by atoms with Crippen LogP contribution in [0.3, 0.4) is 0 Å². The summed E-state index contributed by atoms with van der Waals surface area (Å²) in [5, 5.41) is 0. The zero-order valence-electron chi connectivity index (χ0n) is 11.1. The van der Waals surface area contributed by atoms with Gasteiger partial charge in [0.05, 0.1) is 0 Å². The molecule has 0 radical (unpaired) electrons.